The van der Waals surface area contributed by atoms with Crippen LogP contribution in [0.4, 0.5) is 19.0 Å². The van der Waals surface area contributed by atoms with Crippen molar-refractivity contribution in [1.82, 2.24) is 14.9 Å². The Morgan fingerprint density at radius 3 is 2.74 bits per heavy atom. The molecule has 2 aliphatic heterocycles. The van der Waals surface area contributed by atoms with Crippen LogP contribution < -0.4 is 4.90 Å². The van der Waals surface area contributed by atoms with E-state index in [1.54, 1.807) is 6.07 Å². The first-order valence-corrected chi connectivity index (χ1v) is 10.4. The van der Waals surface area contributed by atoms with Crippen LogP contribution in [-0.4, -0.2) is 53.8 Å². The number of nitrogens with zero attached hydrogens (tertiary/aromatic N) is 4. The lowest BCUT2D eigenvalue weighted by atomic mass is 9.79. The summed E-state index contributed by atoms with van der Waals surface area (Å²) in [7, 11) is 0. The highest BCUT2D eigenvalue weighted by atomic mass is 32.1. The van der Waals surface area contributed by atoms with Crippen molar-refractivity contribution in [3.05, 3.63) is 17.3 Å². The van der Waals surface area contributed by atoms with Gasteiger partial charge in [0.15, 0.2) is 0 Å². The highest BCUT2D eigenvalue weighted by Gasteiger charge is 2.48. The van der Waals surface area contributed by atoms with E-state index in [1.165, 1.54) is 19.2 Å². The number of likely N-dealkylation sites (tertiary alicyclic amines) is 1. The van der Waals surface area contributed by atoms with Gasteiger partial charge in [-0.1, -0.05) is 20.3 Å². The Labute approximate surface area is 161 Å². The van der Waals surface area contributed by atoms with Gasteiger partial charge in [0.05, 0.1) is 11.8 Å². The summed E-state index contributed by atoms with van der Waals surface area (Å²) in [4.78, 5) is 14.3. The summed E-state index contributed by atoms with van der Waals surface area (Å²) in [6.07, 6.45) is -1.23. The van der Waals surface area contributed by atoms with Crippen molar-refractivity contribution >= 4 is 27.4 Å². The molecule has 27 heavy (non-hydrogen) atoms. The molecule has 4 nitrogen and oxygen atoms in total. The zero-order chi connectivity index (χ0) is 19.2. The van der Waals surface area contributed by atoms with Crippen LogP contribution in [0.2, 0.25) is 0 Å². The molecular formula is C19H25F3N4S. The molecule has 2 fully saturated rings. The predicted molar refractivity (Wildman–Crippen MR) is 102 cm³/mol. The van der Waals surface area contributed by atoms with Crippen molar-refractivity contribution in [2.24, 2.45) is 11.3 Å². The third kappa shape index (κ3) is 3.92. The maximum atomic E-state index is 12.7. The SMILES string of the molecule is CCC(C)CN1CCC2(C1)CN(c1ncnc3sc(CC(F)(F)F)cc13)C2. The fourth-order valence-corrected chi connectivity index (χ4v) is 5.38. The van der Waals surface area contributed by atoms with Crippen molar-refractivity contribution in [2.45, 2.75) is 39.3 Å². The predicted octanol–water partition coefficient (Wildman–Crippen LogP) is 4.35. The lowest BCUT2D eigenvalue weighted by molar-refractivity contribution is -0.126. The summed E-state index contributed by atoms with van der Waals surface area (Å²) < 4.78 is 38.1. The van der Waals surface area contributed by atoms with Gasteiger partial charge in [0.1, 0.15) is 17.0 Å². The van der Waals surface area contributed by atoms with Crippen molar-refractivity contribution in [3.63, 3.8) is 0 Å². The van der Waals surface area contributed by atoms with Crippen LogP contribution >= 0.6 is 11.3 Å². The molecule has 0 saturated carbocycles. The monoisotopic (exact) mass is 398 g/mol. The number of aromatic nitrogens is 2. The molecule has 2 aromatic heterocycles. The van der Waals surface area contributed by atoms with Crippen molar-refractivity contribution in [3.8, 4) is 0 Å². The fourth-order valence-electron chi connectivity index (χ4n) is 4.35. The molecule has 0 N–H and O–H groups in total. The molecule has 0 amide bonds. The molecule has 2 aromatic rings. The second-order valence-corrected chi connectivity index (χ2v) is 9.39. The summed E-state index contributed by atoms with van der Waals surface area (Å²) >= 11 is 1.12. The average Bonchev–Trinajstić information content (AvgIpc) is 3.15. The lowest BCUT2D eigenvalue weighted by Gasteiger charge is -2.49. The largest absolute Gasteiger partial charge is 0.393 e. The Bertz CT molecular complexity index is 813. The molecule has 4 rings (SSSR count). The number of alkyl halides is 3. The van der Waals surface area contributed by atoms with Crippen LogP contribution in [0.3, 0.4) is 0 Å². The minimum atomic E-state index is -4.20. The van der Waals surface area contributed by atoms with Crippen LogP contribution in [0, 0.1) is 11.3 Å². The van der Waals surface area contributed by atoms with Gasteiger partial charge in [0, 0.05) is 36.5 Å². The number of hydrogen-bond acceptors (Lipinski definition) is 5. The molecule has 0 bridgehead atoms. The van der Waals surface area contributed by atoms with E-state index in [4.69, 9.17) is 0 Å². The molecule has 0 radical (unpaired) electrons. The van der Waals surface area contributed by atoms with E-state index in [0.717, 1.165) is 61.2 Å². The first kappa shape index (κ1) is 18.9. The van der Waals surface area contributed by atoms with Gasteiger partial charge in [-0.2, -0.15) is 13.2 Å². The Morgan fingerprint density at radius 2 is 2.04 bits per heavy atom. The summed E-state index contributed by atoms with van der Waals surface area (Å²) in [5.74, 6) is 1.51. The van der Waals surface area contributed by atoms with E-state index in [9.17, 15) is 13.2 Å². The maximum absolute atomic E-state index is 12.7. The van der Waals surface area contributed by atoms with Crippen molar-refractivity contribution in [1.29, 1.82) is 0 Å². The second kappa shape index (κ2) is 6.88. The van der Waals surface area contributed by atoms with Gasteiger partial charge in [-0.25, -0.2) is 9.97 Å². The Morgan fingerprint density at radius 1 is 1.26 bits per heavy atom. The van der Waals surface area contributed by atoms with Gasteiger partial charge in [-0.3, -0.25) is 0 Å². The Balaban J connectivity index is 1.46. The fraction of sp³-hybridized carbons (Fsp3) is 0.684. The molecule has 4 heterocycles. The lowest BCUT2D eigenvalue weighted by Crippen LogP contribution is -2.58. The number of anilines is 1. The highest BCUT2D eigenvalue weighted by molar-refractivity contribution is 7.18. The van der Waals surface area contributed by atoms with Gasteiger partial charge in [0.2, 0.25) is 0 Å². The van der Waals surface area contributed by atoms with Gasteiger partial charge in [-0.05, 0) is 24.9 Å². The number of fused-ring (bicyclic) bond motifs is 1. The topological polar surface area (TPSA) is 32.3 Å². The van der Waals surface area contributed by atoms with E-state index < -0.39 is 12.6 Å². The second-order valence-electron chi connectivity index (χ2n) is 8.28. The molecule has 1 spiro atoms. The molecule has 0 aromatic carbocycles. The van der Waals surface area contributed by atoms with Gasteiger partial charge in [0.25, 0.3) is 0 Å². The molecule has 8 heteroatoms. The third-order valence-electron chi connectivity index (χ3n) is 5.87. The third-order valence-corrected chi connectivity index (χ3v) is 6.91. The summed E-state index contributed by atoms with van der Waals surface area (Å²) in [5, 5.41) is 0.756. The normalized spacial score (nSPS) is 21.1. The Kier molecular flexibility index (Phi) is 4.83. The van der Waals surface area contributed by atoms with E-state index in [1.807, 2.05) is 0 Å². The molecular weight excluding hydrogens is 373 g/mol. The van der Waals surface area contributed by atoms with Crippen LogP contribution in [0.5, 0.6) is 0 Å². The van der Waals surface area contributed by atoms with Crippen molar-refractivity contribution in [2.75, 3.05) is 37.6 Å². The maximum Gasteiger partial charge on any atom is 0.393 e. The molecule has 2 saturated heterocycles. The minimum absolute atomic E-state index is 0.301. The Hall–Kier alpha value is -1.41. The molecule has 148 valence electrons. The van der Waals surface area contributed by atoms with Crippen LogP contribution in [-0.2, 0) is 6.42 Å². The van der Waals surface area contributed by atoms with Crippen LogP contribution in [0.15, 0.2) is 12.4 Å². The first-order valence-electron chi connectivity index (χ1n) is 9.54. The molecule has 2 aliphatic rings. The summed E-state index contributed by atoms with van der Waals surface area (Å²) in [6, 6.07) is 1.62. The number of hydrogen-bond donors (Lipinski definition) is 0. The molecule has 1 unspecified atom stereocenters. The van der Waals surface area contributed by atoms with Gasteiger partial charge in [-0.15, -0.1) is 11.3 Å². The number of rotatable bonds is 5. The highest BCUT2D eigenvalue weighted by Crippen LogP contribution is 2.44. The number of thiophene rings is 1. The van der Waals surface area contributed by atoms with E-state index >= 15 is 0 Å². The van der Waals surface area contributed by atoms with Gasteiger partial charge >= 0.3 is 6.18 Å². The minimum Gasteiger partial charge on any atom is -0.355 e. The van der Waals surface area contributed by atoms with E-state index in [-0.39, 0.29) is 0 Å². The zero-order valence-corrected chi connectivity index (χ0v) is 16.5. The quantitative estimate of drug-likeness (QED) is 0.749. The van der Waals surface area contributed by atoms with E-state index in [2.05, 4.69) is 33.6 Å². The summed E-state index contributed by atoms with van der Waals surface area (Å²) in [5.41, 5.74) is 0.315. The molecule has 1 atom stereocenters. The smallest absolute Gasteiger partial charge is 0.355 e. The van der Waals surface area contributed by atoms with Crippen LogP contribution in [0.25, 0.3) is 10.2 Å². The van der Waals surface area contributed by atoms with E-state index in [0.29, 0.717) is 15.1 Å². The van der Waals surface area contributed by atoms with Gasteiger partial charge < -0.3 is 9.80 Å². The first-order chi connectivity index (χ1) is 12.8. The van der Waals surface area contributed by atoms with Crippen molar-refractivity contribution < 1.29 is 13.2 Å². The summed E-state index contributed by atoms with van der Waals surface area (Å²) in [6.45, 7) is 9.81. The average molecular weight is 398 g/mol. The molecule has 0 aliphatic carbocycles. The standard InChI is InChI=1S/C19H25F3N4S/c1-3-13(2)8-25-5-4-18(9-25)10-26(11-18)16-15-6-14(7-19(20,21)22)27-17(15)24-12-23-16/h6,12-13H,3-5,7-11H2,1-2H3. The zero-order valence-electron chi connectivity index (χ0n) is 15.7. The van der Waals surface area contributed by atoms with Crippen LogP contribution in [0.1, 0.15) is 31.6 Å². The number of halogens is 3.